The largest absolute Gasteiger partial charge is 0.383 e. The molecular weight excluding hydrogens is 303 g/mol. The van der Waals surface area contributed by atoms with Gasteiger partial charge in [0.1, 0.15) is 11.6 Å². The maximum absolute atomic E-state index is 5.86. The first-order valence-electron chi connectivity index (χ1n) is 4.88. The predicted octanol–water partition coefficient (Wildman–Crippen LogP) is 1.85. The highest BCUT2D eigenvalue weighted by molar-refractivity contribution is 14.1. The first-order chi connectivity index (χ1) is 6.91. The van der Waals surface area contributed by atoms with Crippen LogP contribution < -0.4 is 5.73 Å². The molecule has 0 bridgehead atoms. The lowest BCUT2D eigenvalue weighted by molar-refractivity contribution is 0.389. The van der Waals surface area contributed by atoms with E-state index in [9.17, 15) is 0 Å². The van der Waals surface area contributed by atoms with Crippen molar-refractivity contribution in [3.05, 3.63) is 15.1 Å². The molecule has 0 radical (unpaired) electrons. The van der Waals surface area contributed by atoms with Crippen LogP contribution in [0.2, 0.25) is 0 Å². The van der Waals surface area contributed by atoms with E-state index in [4.69, 9.17) is 5.73 Å². The van der Waals surface area contributed by atoms with Crippen LogP contribution in [0, 0.1) is 3.57 Å². The van der Waals surface area contributed by atoms with Crippen LogP contribution in [-0.4, -0.2) is 29.0 Å². The molecule has 84 valence electrons. The molecule has 0 aliphatic heterocycles. The molecule has 0 atom stereocenters. The monoisotopic (exact) mass is 320 g/mol. The van der Waals surface area contributed by atoms with E-state index in [1.807, 2.05) is 19.0 Å². The van der Waals surface area contributed by atoms with Gasteiger partial charge in [-0.25, -0.2) is 9.97 Å². The Bertz CT molecular complexity index is 350. The van der Waals surface area contributed by atoms with Crippen molar-refractivity contribution in [2.75, 3.05) is 19.8 Å². The second-order valence-corrected chi connectivity index (χ2v) is 5.20. The standard InChI is InChI=1S/C10H17IN4/c1-6(2)9-8(11)10(12)14-7(13-9)5-15(3)4/h6H,5H2,1-4H3,(H2,12,13,14). The molecule has 0 saturated carbocycles. The van der Waals surface area contributed by atoms with Crippen molar-refractivity contribution < 1.29 is 0 Å². The lowest BCUT2D eigenvalue weighted by Crippen LogP contribution is -2.16. The molecule has 0 amide bonds. The molecule has 2 N–H and O–H groups in total. The van der Waals surface area contributed by atoms with Gasteiger partial charge in [-0.2, -0.15) is 0 Å². The minimum atomic E-state index is 0.378. The summed E-state index contributed by atoms with van der Waals surface area (Å²) in [7, 11) is 3.99. The normalized spacial score (nSPS) is 11.4. The van der Waals surface area contributed by atoms with Gasteiger partial charge in [-0.1, -0.05) is 13.8 Å². The summed E-state index contributed by atoms with van der Waals surface area (Å²) in [5, 5.41) is 0. The minimum absolute atomic E-state index is 0.378. The van der Waals surface area contributed by atoms with E-state index in [2.05, 4.69) is 46.4 Å². The number of nitrogen functional groups attached to an aromatic ring is 1. The molecule has 1 aromatic heterocycles. The molecule has 5 heteroatoms. The average Bonchev–Trinajstić information content (AvgIpc) is 2.09. The maximum Gasteiger partial charge on any atom is 0.145 e. The fourth-order valence-electron chi connectivity index (χ4n) is 1.27. The molecule has 1 rings (SSSR count). The number of nitrogens with zero attached hydrogens (tertiary/aromatic N) is 3. The summed E-state index contributed by atoms with van der Waals surface area (Å²) in [6.45, 7) is 4.95. The van der Waals surface area contributed by atoms with Crippen LogP contribution in [0.4, 0.5) is 5.82 Å². The summed E-state index contributed by atoms with van der Waals surface area (Å²) in [6.07, 6.45) is 0. The van der Waals surface area contributed by atoms with Crippen LogP contribution in [0.15, 0.2) is 0 Å². The van der Waals surface area contributed by atoms with Crippen LogP contribution in [0.25, 0.3) is 0 Å². The SMILES string of the molecule is CC(C)c1nc(CN(C)C)nc(N)c1I. The molecule has 0 unspecified atom stereocenters. The van der Waals surface area contributed by atoms with Gasteiger partial charge in [-0.3, -0.25) is 0 Å². The Morgan fingerprint density at radius 2 is 1.93 bits per heavy atom. The summed E-state index contributed by atoms with van der Waals surface area (Å²) < 4.78 is 0.977. The van der Waals surface area contributed by atoms with Crippen molar-refractivity contribution in [3.8, 4) is 0 Å². The number of anilines is 1. The van der Waals surface area contributed by atoms with Crippen LogP contribution in [-0.2, 0) is 6.54 Å². The zero-order valence-corrected chi connectivity index (χ0v) is 11.7. The van der Waals surface area contributed by atoms with Gasteiger partial charge >= 0.3 is 0 Å². The van der Waals surface area contributed by atoms with E-state index in [0.717, 1.165) is 21.6 Å². The van der Waals surface area contributed by atoms with Crippen LogP contribution in [0.1, 0.15) is 31.3 Å². The summed E-state index contributed by atoms with van der Waals surface area (Å²) in [4.78, 5) is 10.8. The first kappa shape index (κ1) is 12.6. The van der Waals surface area contributed by atoms with E-state index >= 15 is 0 Å². The Balaban J connectivity index is 3.11. The zero-order valence-electron chi connectivity index (χ0n) is 9.58. The first-order valence-corrected chi connectivity index (χ1v) is 5.96. The average molecular weight is 320 g/mol. The van der Waals surface area contributed by atoms with Gasteiger partial charge in [0.05, 0.1) is 15.8 Å². The van der Waals surface area contributed by atoms with E-state index < -0.39 is 0 Å². The van der Waals surface area contributed by atoms with E-state index in [1.165, 1.54) is 0 Å². The number of rotatable bonds is 3. The van der Waals surface area contributed by atoms with Gasteiger partial charge in [0.25, 0.3) is 0 Å². The molecule has 0 aliphatic rings. The summed E-state index contributed by atoms with van der Waals surface area (Å²) >= 11 is 2.21. The molecule has 0 aliphatic carbocycles. The second-order valence-electron chi connectivity index (χ2n) is 4.12. The summed E-state index contributed by atoms with van der Waals surface area (Å²) in [6, 6.07) is 0. The third kappa shape index (κ3) is 3.27. The molecule has 4 nitrogen and oxygen atoms in total. The number of halogens is 1. The highest BCUT2D eigenvalue weighted by Gasteiger charge is 2.13. The van der Waals surface area contributed by atoms with Crippen molar-refractivity contribution in [3.63, 3.8) is 0 Å². The van der Waals surface area contributed by atoms with Crippen molar-refractivity contribution in [2.45, 2.75) is 26.3 Å². The van der Waals surface area contributed by atoms with Gasteiger partial charge in [0.15, 0.2) is 0 Å². The number of hydrogen-bond acceptors (Lipinski definition) is 4. The van der Waals surface area contributed by atoms with Gasteiger partial charge in [-0.15, -0.1) is 0 Å². The van der Waals surface area contributed by atoms with Crippen LogP contribution in [0.3, 0.4) is 0 Å². The van der Waals surface area contributed by atoms with Gasteiger partial charge < -0.3 is 10.6 Å². The van der Waals surface area contributed by atoms with E-state index in [1.54, 1.807) is 0 Å². The third-order valence-corrected chi connectivity index (χ3v) is 3.06. The van der Waals surface area contributed by atoms with Gasteiger partial charge in [0, 0.05) is 0 Å². The Morgan fingerprint density at radius 3 is 2.40 bits per heavy atom. The third-order valence-electron chi connectivity index (χ3n) is 1.95. The van der Waals surface area contributed by atoms with Crippen molar-refractivity contribution in [2.24, 2.45) is 0 Å². The molecule has 0 spiro atoms. The smallest absolute Gasteiger partial charge is 0.145 e. The summed E-state index contributed by atoms with van der Waals surface area (Å²) in [5.41, 5.74) is 6.90. The Kier molecular flexibility index (Phi) is 4.27. The number of hydrogen-bond donors (Lipinski definition) is 1. The zero-order chi connectivity index (χ0) is 11.6. The lowest BCUT2D eigenvalue weighted by atomic mass is 10.1. The molecule has 1 heterocycles. The highest BCUT2D eigenvalue weighted by Crippen LogP contribution is 2.23. The summed E-state index contributed by atoms with van der Waals surface area (Å²) in [5.74, 6) is 1.76. The molecule has 0 fully saturated rings. The molecule has 15 heavy (non-hydrogen) atoms. The Labute approximate surface area is 104 Å². The molecule has 1 aromatic rings. The van der Waals surface area contributed by atoms with Gasteiger partial charge in [-0.05, 0) is 42.6 Å². The topological polar surface area (TPSA) is 55.0 Å². The van der Waals surface area contributed by atoms with E-state index in [0.29, 0.717) is 11.7 Å². The van der Waals surface area contributed by atoms with Crippen molar-refractivity contribution >= 4 is 28.4 Å². The second kappa shape index (κ2) is 5.07. The fourth-order valence-corrected chi connectivity index (χ4v) is 2.13. The Hall–Kier alpha value is -0.430. The minimum Gasteiger partial charge on any atom is -0.383 e. The van der Waals surface area contributed by atoms with E-state index in [-0.39, 0.29) is 0 Å². The van der Waals surface area contributed by atoms with Crippen molar-refractivity contribution in [1.82, 2.24) is 14.9 Å². The van der Waals surface area contributed by atoms with Crippen molar-refractivity contribution in [1.29, 1.82) is 0 Å². The van der Waals surface area contributed by atoms with Gasteiger partial charge in [0.2, 0.25) is 0 Å². The number of nitrogens with two attached hydrogens (primary N) is 1. The maximum atomic E-state index is 5.86. The predicted molar refractivity (Wildman–Crippen MR) is 70.6 cm³/mol. The van der Waals surface area contributed by atoms with Crippen LogP contribution in [0.5, 0.6) is 0 Å². The molecule has 0 saturated heterocycles. The lowest BCUT2D eigenvalue weighted by Gasteiger charge is -2.13. The molecular formula is C10H17IN4. The fraction of sp³-hybridized carbons (Fsp3) is 0.600. The Morgan fingerprint density at radius 1 is 1.33 bits per heavy atom. The van der Waals surface area contributed by atoms with Crippen LogP contribution >= 0.6 is 22.6 Å². The molecule has 0 aromatic carbocycles. The highest BCUT2D eigenvalue weighted by atomic mass is 127. The quantitative estimate of drug-likeness (QED) is 0.864. The number of aromatic nitrogens is 2.